The fourth-order valence-corrected chi connectivity index (χ4v) is 2.24. The highest BCUT2D eigenvalue weighted by Crippen LogP contribution is 2.23. The van der Waals surface area contributed by atoms with Gasteiger partial charge in [0.2, 0.25) is 6.41 Å². The topological polar surface area (TPSA) is 107 Å². The van der Waals surface area contributed by atoms with Crippen LogP contribution in [0.1, 0.15) is 27.3 Å². The third kappa shape index (κ3) is 4.51. The number of hydrazone groups is 1. The van der Waals surface area contributed by atoms with Gasteiger partial charge >= 0.3 is 5.97 Å². The number of nitrogens with two attached hydrogens (primary N) is 1. The van der Waals surface area contributed by atoms with Crippen molar-refractivity contribution in [3.05, 3.63) is 65.0 Å². The number of esters is 1. The molecule has 7 heteroatoms. The summed E-state index contributed by atoms with van der Waals surface area (Å²) in [5.74, 6) is -0.550. The molecule has 1 amide bonds. The van der Waals surface area contributed by atoms with Crippen LogP contribution in [0.3, 0.4) is 0 Å². The van der Waals surface area contributed by atoms with Gasteiger partial charge in [-0.2, -0.15) is 5.10 Å². The first-order chi connectivity index (χ1) is 12.1. The van der Waals surface area contributed by atoms with E-state index in [9.17, 15) is 9.59 Å². The zero-order chi connectivity index (χ0) is 18.2. The molecule has 2 rings (SSSR count). The van der Waals surface area contributed by atoms with E-state index in [4.69, 9.17) is 10.5 Å². The summed E-state index contributed by atoms with van der Waals surface area (Å²) in [7, 11) is 1.29. The number of carbonyl (C=O) groups excluding carboxylic acids is 2. The summed E-state index contributed by atoms with van der Waals surface area (Å²) in [5.41, 5.74) is 11.7. The summed E-state index contributed by atoms with van der Waals surface area (Å²) in [6.45, 7) is 1.76. The third-order valence-corrected chi connectivity index (χ3v) is 3.35. The van der Waals surface area contributed by atoms with Gasteiger partial charge in [0, 0.05) is 17.0 Å². The molecule has 0 saturated carbocycles. The summed E-state index contributed by atoms with van der Waals surface area (Å²) >= 11 is 0. The van der Waals surface area contributed by atoms with E-state index >= 15 is 0 Å². The van der Waals surface area contributed by atoms with Crippen molar-refractivity contribution in [2.75, 3.05) is 7.11 Å². The van der Waals surface area contributed by atoms with E-state index in [1.54, 1.807) is 19.1 Å². The molecular weight excluding hydrogens is 320 g/mol. The van der Waals surface area contributed by atoms with Crippen LogP contribution in [0.4, 0.5) is 0 Å². The number of allylic oxidation sites excluding steroid dienone is 1. The van der Waals surface area contributed by atoms with Gasteiger partial charge in [0.1, 0.15) is 5.69 Å². The second-order valence-corrected chi connectivity index (χ2v) is 5.07. The van der Waals surface area contributed by atoms with Crippen molar-refractivity contribution in [2.24, 2.45) is 10.8 Å². The molecule has 25 heavy (non-hydrogen) atoms. The zero-order valence-electron chi connectivity index (χ0n) is 13.9. The summed E-state index contributed by atoms with van der Waals surface area (Å²) < 4.78 is 4.73. The number of amides is 1. The van der Waals surface area contributed by atoms with Crippen molar-refractivity contribution in [3.8, 4) is 0 Å². The van der Waals surface area contributed by atoms with Crippen LogP contribution in [0.15, 0.2) is 47.6 Å². The minimum absolute atomic E-state index is 0.160. The average molecular weight is 338 g/mol. The number of aromatic nitrogens is 1. The summed E-state index contributed by atoms with van der Waals surface area (Å²) in [6.07, 6.45) is 1.87. The Morgan fingerprint density at radius 2 is 1.96 bits per heavy atom. The number of nitrogens with zero attached hydrogens (tertiary/aromatic N) is 2. The van der Waals surface area contributed by atoms with E-state index in [1.165, 1.54) is 13.3 Å². The molecule has 1 aromatic carbocycles. The number of methoxy groups -OCH3 is 1. The molecule has 1 heterocycles. The number of hydrogen-bond acceptors (Lipinski definition) is 6. The Kier molecular flexibility index (Phi) is 6.00. The number of aryl methyl sites for hydroxylation is 1. The largest absolute Gasteiger partial charge is 0.464 e. The van der Waals surface area contributed by atoms with E-state index in [0.29, 0.717) is 28.9 Å². The summed E-state index contributed by atoms with van der Waals surface area (Å²) in [6, 6.07) is 12.6. The molecule has 128 valence electrons. The standard InChI is InChI=1S/C18H18N4O3/c1-12-8-14(9-16(22-12)18(24)25-2)15(10-20-21-11-23)17(19)13-6-4-3-5-7-13/h3-11H,19H2,1-2H3,(H,21,23)/b17-15+,20-10+. The van der Waals surface area contributed by atoms with E-state index in [0.717, 1.165) is 5.56 Å². The highest BCUT2D eigenvalue weighted by Gasteiger charge is 2.14. The first-order valence-electron chi connectivity index (χ1n) is 7.41. The Labute approximate surface area is 145 Å². The average Bonchev–Trinajstić information content (AvgIpc) is 2.64. The van der Waals surface area contributed by atoms with Crippen LogP contribution in [0.2, 0.25) is 0 Å². The number of rotatable bonds is 6. The minimum atomic E-state index is -0.550. The SMILES string of the molecule is COC(=O)c1cc(C(/C=N/NC=O)=C(/N)c2ccccc2)cc(C)n1. The molecule has 2 aromatic rings. The lowest BCUT2D eigenvalue weighted by Gasteiger charge is -2.11. The second kappa shape index (κ2) is 8.39. The molecule has 0 radical (unpaired) electrons. The van der Waals surface area contributed by atoms with Crippen molar-refractivity contribution >= 4 is 29.9 Å². The summed E-state index contributed by atoms with van der Waals surface area (Å²) in [5, 5.41) is 3.82. The van der Waals surface area contributed by atoms with Gasteiger partial charge in [0.05, 0.1) is 13.3 Å². The quantitative estimate of drug-likeness (QED) is 0.361. The number of pyridine rings is 1. The lowest BCUT2D eigenvalue weighted by Crippen LogP contribution is -2.09. The molecule has 0 saturated heterocycles. The fraction of sp³-hybridized carbons (Fsp3) is 0.111. The number of ether oxygens (including phenoxy) is 1. The molecule has 0 spiro atoms. The molecule has 0 fully saturated rings. The van der Waals surface area contributed by atoms with E-state index in [2.05, 4.69) is 15.5 Å². The van der Waals surface area contributed by atoms with Gasteiger partial charge in [0.15, 0.2) is 0 Å². The Bertz CT molecular complexity index is 829. The van der Waals surface area contributed by atoms with E-state index in [1.807, 2.05) is 30.3 Å². The van der Waals surface area contributed by atoms with Crippen LogP contribution in [0.5, 0.6) is 0 Å². The second-order valence-electron chi connectivity index (χ2n) is 5.07. The number of benzene rings is 1. The highest BCUT2D eigenvalue weighted by molar-refractivity contribution is 6.19. The Morgan fingerprint density at radius 3 is 2.60 bits per heavy atom. The molecule has 3 N–H and O–H groups in total. The number of carbonyl (C=O) groups is 2. The molecule has 1 aromatic heterocycles. The maximum Gasteiger partial charge on any atom is 0.356 e. The number of hydrogen-bond donors (Lipinski definition) is 2. The lowest BCUT2D eigenvalue weighted by molar-refractivity contribution is -0.109. The molecule has 0 bridgehead atoms. The van der Waals surface area contributed by atoms with Crippen LogP contribution in [-0.4, -0.2) is 30.7 Å². The molecule has 0 aliphatic heterocycles. The predicted octanol–water partition coefficient (Wildman–Crippen LogP) is 1.74. The molecule has 0 aliphatic carbocycles. The normalized spacial score (nSPS) is 11.8. The number of nitrogens with one attached hydrogen (secondary N) is 1. The van der Waals surface area contributed by atoms with Crippen molar-refractivity contribution < 1.29 is 14.3 Å². The highest BCUT2D eigenvalue weighted by atomic mass is 16.5. The Morgan fingerprint density at radius 1 is 1.24 bits per heavy atom. The van der Waals surface area contributed by atoms with Crippen molar-refractivity contribution in [1.82, 2.24) is 10.4 Å². The molecule has 0 unspecified atom stereocenters. The third-order valence-electron chi connectivity index (χ3n) is 3.35. The van der Waals surface area contributed by atoms with Crippen LogP contribution < -0.4 is 11.2 Å². The first kappa shape index (κ1) is 17.9. The van der Waals surface area contributed by atoms with Gasteiger partial charge in [-0.1, -0.05) is 30.3 Å². The lowest BCUT2D eigenvalue weighted by atomic mass is 10.00. The maximum atomic E-state index is 11.8. The van der Waals surface area contributed by atoms with Crippen LogP contribution >= 0.6 is 0 Å². The van der Waals surface area contributed by atoms with Gasteiger partial charge in [-0.15, -0.1) is 0 Å². The predicted molar refractivity (Wildman–Crippen MR) is 95.4 cm³/mol. The Balaban J connectivity index is 2.62. The van der Waals surface area contributed by atoms with E-state index in [-0.39, 0.29) is 5.69 Å². The van der Waals surface area contributed by atoms with Gasteiger partial charge < -0.3 is 10.5 Å². The van der Waals surface area contributed by atoms with Gasteiger partial charge in [-0.25, -0.2) is 15.2 Å². The maximum absolute atomic E-state index is 11.8. The smallest absolute Gasteiger partial charge is 0.356 e. The van der Waals surface area contributed by atoms with Gasteiger partial charge in [-0.3, -0.25) is 4.79 Å². The van der Waals surface area contributed by atoms with Crippen LogP contribution in [0, 0.1) is 6.92 Å². The fourth-order valence-electron chi connectivity index (χ4n) is 2.24. The van der Waals surface area contributed by atoms with Crippen LogP contribution in [-0.2, 0) is 9.53 Å². The van der Waals surface area contributed by atoms with Crippen molar-refractivity contribution in [1.29, 1.82) is 0 Å². The Hall–Kier alpha value is -3.48. The van der Waals surface area contributed by atoms with Crippen molar-refractivity contribution in [2.45, 2.75) is 6.92 Å². The minimum Gasteiger partial charge on any atom is -0.464 e. The first-order valence-corrected chi connectivity index (χ1v) is 7.41. The molecule has 0 aliphatic rings. The molecule has 7 nitrogen and oxygen atoms in total. The monoisotopic (exact) mass is 338 g/mol. The summed E-state index contributed by atoms with van der Waals surface area (Å²) in [4.78, 5) is 26.4. The zero-order valence-corrected chi connectivity index (χ0v) is 13.9. The van der Waals surface area contributed by atoms with Crippen molar-refractivity contribution in [3.63, 3.8) is 0 Å². The van der Waals surface area contributed by atoms with Gasteiger partial charge in [0.25, 0.3) is 0 Å². The van der Waals surface area contributed by atoms with Gasteiger partial charge in [-0.05, 0) is 30.2 Å². The van der Waals surface area contributed by atoms with Crippen LogP contribution in [0.25, 0.3) is 11.3 Å². The molecular formula is C18H18N4O3. The molecule has 0 atom stereocenters. The van der Waals surface area contributed by atoms with E-state index < -0.39 is 5.97 Å².